The average Bonchev–Trinajstić information content (AvgIpc) is 2.20. The molecule has 0 fully saturated rings. The second kappa shape index (κ2) is 9.19. The summed E-state index contributed by atoms with van der Waals surface area (Å²) >= 11 is 0. The fourth-order valence-electron chi connectivity index (χ4n) is 3.77. The third-order valence-electron chi connectivity index (χ3n) is 3.96. The molecule has 0 radical (unpaired) electrons. The van der Waals surface area contributed by atoms with Crippen LogP contribution in [0.25, 0.3) is 0 Å². The summed E-state index contributed by atoms with van der Waals surface area (Å²) in [7, 11) is 0. The van der Waals surface area contributed by atoms with E-state index < -0.39 is 0 Å². The standard InChI is InChI=1S/C20H41NO3/c1-15(2)24-19(7,8)11-12-23-20(9,10)14-18(5,6)13-16(3)21-17(4)22/h15-16H,11-14H2,1-10H3,(H,21,22). The molecule has 0 aromatic heterocycles. The number of nitrogens with one attached hydrogen (secondary N) is 1. The first-order chi connectivity index (χ1) is 10.6. The quantitative estimate of drug-likeness (QED) is 0.591. The molecule has 0 aliphatic carbocycles. The van der Waals surface area contributed by atoms with Crippen LogP contribution in [0.4, 0.5) is 0 Å². The number of amides is 1. The topological polar surface area (TPSA) is 47.6 Å². The highest BCUT2D eigenvalue weighted by molar-refractivity contribution is 5.73. The summed E-state index contributed by atoms with van der Waals surface area (Å²) < 4.78 is 12.1. The molecule has 1 N–H and O–H groups in total. The number of carbonyl (C=O) groups excluding carboxylic acids is 1. The Balaban J connectivity index is 4.43. The van der Waals surface area contributed by atoms with Gasteiger partial charge in [0.2, 0.25) is 5.91 Å². The fraction of sp³-hybridized carbons (Fsp3) is 0.950. The highest BCUT2D eigenvalue weighted by Gasteiger charge is 2.31. The second-order valence-electron chi connectivity index (χ2n) is 9.43. The molecule has 4 heteroatoms. The van der Waals surface area contributed by atoms with E-state index in [9.17, 15) is 4.79 Å². The van der Waals surface area contributed by atoms with Gasteiger partial charge < -0.3 is 14.8 Å². The van der Waals surface area contributed by atoms with E-state index in [1.165, 1.54) is 0 Å². The van der Waals surface area contributed by atoms with E-state index in [1.807, 2.05) is 0 Å². The third kappa shape index (κ3) is 11.9. The minimum absolute atomic E-state index is 0.0289. The zero-order valence-corrected chi connectivity index (χ0v) is 17.7. The van der Waals surface area contributed by atoms with Crippen molar-refractivity contribution in [1.82, 2.24) is 5.32 Å². The number of rotatable bonds is 11. The Kier molecular flexibility index (Phi) is 8.95. The molecule has 0 aliphatic rings. The SMILES string of the molecule is CC(=O)NC(C)CC(C)(C)CC(C)(C)OCCC(C)(C)OC(C)C. The summed E-state index contributed by atoms with van der Waals surface area (Å²) in [6.45, 7) is 21.4. The van der Waals surface area contributed by atoms with Gasteiger partial charge in [-0.1, -0.05) is 13.8 Å². The summed E-state index contributed by atoms with van der Waals surface area (Å²) in [5.74, 6) is 0.0289. The molecule has 4 nitrogen and oxygen atoms in total. The van der Waals surface area contributed by atoms with Crippen molar-refractivity contribution in [3.63, 3.8) is 0 Å². The van der Waals surface area contributed by atoms with Crippen molar-refractivity contribution >= 4 is 5.91 Å². The van der Waals surface area contributed by atoms with Crippen LogP contribution in [-0.4, -0.2) is 35.9 Å². The number of ether oxygens (including phenoxy) is 2. The molecule has 0 saturated heterocycles. The highest BCUT2D eigenvalue weighted by atomic mass is 16.5. The first-order valence-electron chi connectivity index (χ1n) is 9.23. The van der Waals surface area contributed by atoms with Crippen molar-refractivity contribution in [2.24, 2.45) is 5.41 Å². The van der Waals surface area contributed by atoms with Gasteiger partial charge in [-0.05, 0) is 73.1 Å². The summed E-state index contributed by atoms with van der Waals surface area (Å²) in [6, 6.07) is 0.173. The van der Waals surface area contributed by atoms with Crippen LogP contribution in [0.5, 0.6) is 0 Å². The van der Waals surface area contributed by atoms with E-state index in [2.05, 4.69) is 67.6 Å². The fourth-order valence-corrected chi connectivity index (χ4v) is 3.77. The van der Waals surface area contributed by atoms with Gasteiger partial charge in [0.25, 0.3) is 0 Å². The molecule has 1 amide bonds. The maximum absolute atomic E-state index is 11.2. The third-order valence-corrected chi connectivity index (χ3v) is 3.96. The van der Waals surface area contributed by atoms with Gasteiger partial charge in [0, 0.05) is 13.0 Å². The number of hydrogen-bond donors (Lipinski definition) is 1. The highest BCUT2D eigenvalue weighted by Crippen LogP contribution is 2.34. The van der Waals surface area contributed by atoms with E-state index in [0.29, 0.717) is 6.61 Å². The lowest BCUT2D eigenvalue weighted by Crippen LogP contribution is -2.39. The smallest absolute Gasteiger partial charge is 0.217 e. The summed E-state index contributed by atoms with van der Waals surface area (Å²) in [5.41, 5.74) is -0.275. The van der Waals surface area contributed by atoms with Gasteiger partial charge in [-0.3, -0.25) is 4.79 Å². The maximum Gasteiger partial charge on any atom is 0.217 e. The van der Waals surface area contributed by atoms with Crippen LogP contribution in [0.1, 0.15) is 88.5 Å². The van der Waals surface area contributed by atoms with Crippen LogP contribution < -0.4 is 5.32 Å². The van der Waals surface area contributed by atoms with Crippen molar-refractivity contribution in [3.05, 3.63) is 0 Å². The molecule has 1 unspecified atom stereocenters. The van der Waals surface area contributed by atoms with E-state index in [0.717, 1.165) is 19.3 Å². The monoisotopic (exact) mass is 343 g/mol. The van der Waals surface area contributed by atoms with Crippen molar-refractivity contribution in [1.29, 1.82) is 0 Å². The predicted octanol–water partition coefficient (Wildman–Crippen LogP) is 4.71. The van der Waals surface area contributed by atoms with Crippen molar-refractivity contribution in [3.8, 4) is 0 Å². The van der Waals surface area contributed by atoms with Gasteiger partial charge in [-0.2, -0.15) is 0 Å². The molecule has 0 saturated carbocycles. The zero-order chi connectivity index (χ0) is 19.2. The Morgan fingerprint density at radius 1 is 1.00 bits per heavy atom. The van der Waals surface area contributed by atoms with E-state index >= 15 is 0 Å². The molecule has 24 heavy (non-hydrogen) atoms. The molecular weight excluding hydrogens is 302 g/mol. The van der Waals surface area contributed by atoms with Gasteiger partial charge in [0.1, 0.15) is 0 Å². The first-order valence-corrected chi connectivity index (χ1v) is 9.23. The second-order valence-corrected chi connectivity index (χ2v) is 9.43. The van der Waals surface area contributed by atoms with Crippen LogP contribution >= 0.6 is 0 Å². The molecule has 0 bridgehead atoms. The van der Waals surface area contributed by atoms with E-state index in [4.69, 9.17) is 9.47 Å². The minimum Gasteiger partial charge on any atom is -0.375 e. The summed E-state index contributed by atoms with van der Waals surface area (Å²) in [6.07, 6.45) is 2.97. The molecule has 0 aromatic carbocycles. The number of hydrogen-bond acceptors (Lipinski definition) is 3. The largest absolute Gasteiger partial charge is 0.375 e. The van der Waals surface area contributed by atoms with E-state index in [1.54, 1.807) is 6.92 Å². The molecular formula is C20H41NO3. The van der Waals surface area contributed by atoms with Crippen molar-refractivity contribution in [2.75, 3.05) is 6.61 Å². The van der Waals surface area contributed by atoms with Gasteiger partial charge in [-0.15, -0.1) is 0 Å². The molecule has 0 spiro atoms. The van der Waals surface area contributed by atoms with Crippen LogP contribution in [0, 0.1) is 5.41 Å². The first kappa shape index (κ1) is 23.4. The maximum atomic E-state index is 11.2. The molecule has 144 valence electrons. The molecule has 0 heterocycles. The van der Waals surface area contributed by atoms with Gasteiger partial charge in [-0.25, -0.2) is 0 Å². The zero-order valence-electron chi connectivity index (χ0n) is 17.7. The van der Waals surface area contributed by atoms with Crippen molar-refractivity contribution in [2.45, 2.75) is 112 Å². The molecule has 1 atom stereocenters. The Bertz CT molecular complexity index is 386. The lowest BCUT2D eigenvalue weighted by Gasteiger charge is -2.37. The average molecular weight is 344 g/mol. The Hall–Kier alpha value is -0.610. The van der Waals surface area contributed by atoms with Gasteiger partial charge >= 0.3 is 0 Å². The summed E-state index contributed by atoms with van der Waals surface area (Å²) in [5, 5.41) is 2.97. The van der Waals surface area contributed by atoms with E-state index in [-0.39, 0.29) is 34.7 Å². The Morgan fingerprint density at radius 3 is 2.00 bits per heavy atom. The lowest BCUT2D eigenvalue weighted by molar-refractivity contribution is -0.119. The minimum atomic E-state index is -0.201. The van der Waals surface area contributed by atoms with Crippen LogP contribution in [0.3, 0.4) is 0 Å². The molecule has 0 rings (SSSR count). The van der Waals surface area contributed by atoms with Crippen molar-refractivity contribution < 1.29 is 14.3 Å². The molecule has 0 aliphatic heterocycles. The molecule has 0 aromatic rings. The number of carbonyl (C=O) groups is 1. The summed E-state index contributed by atoms with van der Waals surface area (Å²) in [4.78, 5) is 11.2. The van der Waals surface area contributed by atoms with Gasteiger partial charge in [0.05, 0.1) is 23.9 Å². The van der Waals surface area contributed by atoms with Crippen LogP contribution in [-0.2, 0) is 14.3 Å². The van der Waals surface area contributed by atoms with Crippen LogP contribution in [0.15, 0.2) is 0 Å². The van der Waals surface area contributed by atoms with Crippen LogP contribution in [0.2, 0.25) is 0 Å². The Morgan fingerprint density at radius 2 is 1.54 bits per heavy atom. The van der Waals surface area contributed by atoms with Gasteiger partial charge in [0.15, 0.2) is 0 Å². The normalized spacial score (nSPS) is 14.8. The Labute approximate surface area is 150 Å². The predicted molar refractivity (Wildman–Crippen MR) is 101 cm³/mol. The lowest BCUT2D eigenvalue weighted by atomic mass is 9.77.